The van der Waals surface area contributed by atoms with E-state index in [0.29, 0.717) is 28.8 Å². The fraction of sp³-hybridized carbons (Fsp3) is 0.364. The normalized spacial score (nSPS) is 10.9. The van der Waals surface area contributed by atoms with Crippen LogP contribution < -0.4 is 14.8 Å². The molecule has 9 heteroatoms. The van der Waals surface area contributed by atoms with Crippen LogP contribution in [0.1, 0.15) is 35.6 Å². The molecular weight excluding hydrogens is 414 g/mol. The van der Waals surface area contributed by atoms with Gasteiger partial charge in [-0.15, -0.1) is 10.2 Å². The number of methoxy groups -OCH3 is 2. The minimum atomic E-state index is -0.234. The molecule has 3 rings (SSSR count). The van der Waals surface area contributed by atoms with Crippen molar-refractivity contribution in [3.8, 4) is 11.5 Å². The van der Waals surface area contributed by atoms with Gasteiger partial charge in [-0.3, -0.25) is 9.78 Å². The lowest BCUT2D eigenvalue weighted by molar-refractivity contribution is 0.0948. The minimum Gasteiger partial charge on any atom is -0.497 e. The third-order valence-corrected chi connectivity index (χ3v) is 5.52. The Morgan fingerprint density at radius 2 is 1.77 bits per heavy atom. The van der Waals surface area contributed by atoms with E-state index in [1.165, 1.54) is 5.56 Å². The highest BCUT2D eigenvalue weighted by Gasteiger charge is 2.16. The van der Waals surface area contributed by atoms with Crippen LogP contribution in [-0.4, -0.2) is 39.9 Å². The third-order valence-electron chi connectivity index (χ3n) is 4.48. The molecule has 1 N–H and O–H groups in total. The number of carbonyl (C=O) groups excluding carboxylic acids is 1. The second-order valence-corrected chi connectivity index (χ2v) is 8.27. The first-order valence-electron chi connectivity index (χ1n) is 9.95. The van der Waals surface area contributed by atoms with E-state index >= 15 is 0 Å². The first-order chi connectivity index (χ1) is 15.0. The summed E-state index contributed by atoms with van der Waals surface area (Å²) in [5.41, 5.74) is 1.62. The Bertz CT molecular complexity index is 985. The predicted molar refractivity (Wildman–Crippen MR) is 119 cm³/mol. The van der Waals surface area contributed by atoms with Crippen LogP contribution in [0.15, 0.2) is 47.9 Å². The number of benzene rings is 1. The fourth-order valence-corrected chi connectivity index (χ4v) is 3.85. The molecule has 1 amide bonds. The van der Waals surface area contributed by atoms with E-state index in [4.69, 9.17) is 9.47 Å². The number of hydrogen-bond donors (Lipinski definition) is 1. The van der Waals surface area contributed by atoms with E-state index in [-0.39, 0.29) is 12.5 Å². The molecule has 0 atom stereocenters. The number of nitrogens with zero attached hydrogens (tertiary/aromatic N) is 4. The van der Waals surface area contributed by atoms with Gasteiger partial charge in [-0.05, 0) is 35.7 Å². The summed E-state index contributed by atoms with van der Waals surface area (Å²) in [6, 6.07) is 9.04. The van der Waals surface area contributed by atoms with Crippen molar-refractivity contribution in [2.24, 2.45) is 5.92 Å². The second kappa shape index (κ2) is 10.8. The monoisotopic (exact) mass is 441 g/mol. The van der Waals surface area contributed by atoms with Crippen LogP contribution in [-0.2, 0) is 18.8 Å². The standard InChI is InChI=1S/C22H27N5O3S/c1-15(2)13-27-20(25-26-22(27)31-14-16-5-7-23-8-6-16)12-24-21(28)17-9-18(29-3)11-19(10-17)30-4/h5-11,15H,12-14H2,1-4H3,(H,24,28). The van der Waals surface area contributed by atoms with Crippen molar-refractivity contribution in [3.05, 3.63) is 59.7 Å². The first-order valence-corrected chi connectivity index (χ1v) is 10.9. The van der Waals surface area contributed by atoms with Gasteiger partial charge >= 0.3 is 0 Å². The average molecular weight is 442 g/mol. The average Bonchev–Trinajstić information content (AvgIpc) is 3.16. The van der Waals surface area contributed by atoms with Gasteiger partial charge in [0.25, 0.3) is 5.91 Å². The van der Waals surface area contributed by atoms with Crippen LogP contribution >= 0.6 is 11.8 Å². The number of nitrogens with one attached hydrogen (secondary N) is 1. The van der Waals surface area contributed by atoms with Crippen molar-refractivity contribution in [1.29, 1.82) is 0 Å². The Kier molecular flexibility index (Phi) is 7.88. The lowest BCUT2D eigenvalue weighted by Gasteiger charge is -2.13. The summed E-state index contributed by atoms with van der Waals surface area (Å²) in [4.78, 5) is 16.8. The van der Waals surface area contributed by atoms with Crippen molar-refractivity contribution < 1.29 is 14.3 Å². The van der Waals surface area contributed by atoms with Gasteiger partial charge in [0, 0.05) is 36.3 Å². The van der Waals surface area contributed by atoms with E-state index in [1.54, 1.807) is 56.6 Å². The molecule has 0 aliphatic heterocycles. The summed E-state index contributed by atoms with van der Waals surface area (Å²) < 4.78 is 12.6. The summed E-state index contributed by atoms with van der Waals surface area (Å²) in [6.45, 7) is 5.32. The Labute approximate surface area is 186 Å². The van der Waals surface area contributed by atoms with Gasteiger partial charge < -0.3 is 19.4 Å². The number of thioether (sulfide) groups is 1. The number of amides is 1. The number of rotatable bonds is 10. The topological polar surface area (TPSA) is 91.2 Å². The molecule has 2 aromatic heterocycles. The second-order valence-electron chi connectivity index (χ2n) is 7.33. The van der Waals surface area contributed by atoms with E-state index < -0.39 is 0 Å². The molecular formula is C22H27N5O3S. The van der Waals surface area contributed by atoms with E-state index in [1.807, 2.05) is 12.1 Å². The van der Waals surface area contributed by atoms with E-state index in [9.17, 15) is 4.79 Å². The van der Waals surface area contributed by atoms with Gasteiger partial charge in [0.05, 0.1) is 20.8 Å². The lowest BCUT2D eigenvalue weighted by atomic mass is 10.2. The third kappa shape index (κ3) is 6.21. The summed E-state index contributed by atoms with van der Waals surface area (Å²) in [7, 11) is 3.10. The van der Waals surface area contributed by atoms with Gasteiger partial charge in [-0.1, -0.05) is 25.6 Å². The molecule has 8 nitrogen and oxygen atoms in total. The first kappa shape index (κ1) is 22.6. The zero-order valence-corrected chi connectivity index (χ0v) is 19.0. The molecule has 0 radical (unpaired) electrons. The summed E-state index contributed by atoms with van der Waals surface area (Å²) in [6.07, 6.45) is 3.56. The van der Waals surface area contributed by atoms with Crippen LogP contribution in [0.3, 0.4) is 0 Å². The molecule has 1 aromatic carbocycles. The molecule has 0 bridgehead atoms. The van der Waals surface area contributed by atoms with Crippen LogP contribution in [0.25, 0.3) is 0 Å². The molecule has 0 saturated carbocycles. The molecule has 2 heterocycles. The van der Waals surface area contributed by atoms with E-state index in [2.05, 4.69) is 38.9 Å². The number of carbonyl (C=O) groups is 1. The van der Waals surface area contributed by atoms with Crippen molar-refractivity contribution in [2.45, 2.75) is 37.8 Å². The Morgan fingerprint density at radius 3 is 2.39 bits per heavy atom. The van der Waals surface area contributed by atoms with Crippen LogP contribution in [0.5, 0.6) is 11.5 Å². The maximum absolute atomic E-state index is 12.7. The molecule has 0 aliphatic carbocycles. The Morgan fingerprint density at radius 1 is 1.10 bits per heavy atom. The van der Waals surface area contributed by atoms with Gasteiger partial charge in [-0.2, -0.15) is 0 Å². The highest BCUT2D eigenvalue weighted by Crippen LogP contribution is 2.24. The number of hydrogen-bond acceptors (Lipinski definition) is 7. The van der Waals surface area contributed by atoms with Gasteiger partial charge in [0.15, 0.2) is 11.0 Å². The van der Waals surface area contributed by atoms with Gasteiger partial charge in [0.1, 0.15) is 11.5 Å². The summed E-state index contributed by atoms with van der Waals surface area (Å²) in [5.74, 6) is 2.78. The van der Waals surface area contributed by atoms with Crippen LogP contribution in [0.4, 0.5) is 0 Å². The number of pyridine rings is 1. The highest BCUT2D eigenvalue weighted by atomic mass is 32.2. The molecule has 0 unspecified atom stereocenters. The Hall–Kier alpha value is -3.07. The molecule has 164 valence electrons. The smallest absolute Gasteiger partial charge is 0.251 e. The quantitative estimate of drug-likeness (QED) is 0.481. The molecule has 31 heavy (non-hydrogen) atoms. The predicted octanol–water partition coefficient (Wildman–Crippen LogP) is 3.57. The largest absolute Gasteiger partial charge is 0.497 e. The SMILES string of the molecule is COc1cc(OC)cc(C(=O)NCc2nnc(SCc3ccncc3)n2CC(C)C)c1. The molecule has 0 saturated heterocycles. The number of ether oxygens (including phenoxy) is 2. The summed E-state index contributed by atoms with van der Waals surface area (Å²) >= 11 is 1.62. The van der Waals surface area contributed by atoms with Crippen molar-refractivity contribution >= 4 is 17.7 Å². The van der Waals surface area contributed by atoms with Crippen molar-refractivity contribution in [2.75, 3.05) is 14.2 Å². The minimum absolute atomic E-state index is 0.234. The van der Waals surface area contributed by atoms with Gasteiger partial charge in [0.2, 0.25) is 0 Å². The van der Waals surface area contributed by atoms with Crippen molar-refractivity contribution in [3.63, 3.8) is 0 Å². The van der Waals surface area contributed by atoms with Crippen LogP contribution in [0, 0.1) is 5.92 Å². The fourth-order valence-electron chi connectivity index (χ4n) is 2.93. The molecule has 0 fully saturated rings. The maximum Gasteiger partial charge on any atom is 0.251 e. The summed E-state index contributed by atoms with van der Waals surface area (Å²) in [5, 5.41) is 12.4. The van der Waals surface area contributed by atoms with Crippen molar-refractivity contribution in [1.82, 2.24) is 25.1 Å². The zero-order chi connectivity index (χ0) is 22.2. The van der Waals surface area contributed by atoms with E-state index in [0.717, 1.165) is 17.5 Å². The van der Waals surface area contributed by atoms with Gasteiger partial charge in [-0.25, -0.2) is 0 Å². The molecule has 3 aromatic rings. The maximum atomic E-state index is 12.7. The zero-order valence-electron chi connectivity index (χ0n) is 18.2. The Balaban J connectivity index is 1.72. The highest BCUT2D eigenvalue weighted by molar-refractivity contribution is 7.98. The van der Waals surface area contributed by atoms with Crippen LogP contribution in [0.2, 0.25) is 0 Å². The lowest BCUT2D eigenvalue weighted by Crippen LogP contribution is -2.25. The number of aromatic nitrogens is 4. The molecule has 0 spiro atoms. The molecule has 0 aliphatic rings.